The number of nitrogens with zero attached hydrogens (tertiary/aromatic N) is 2. The molecule has 0 amide bonds. The van der Waals surface area contributed by atoms with Gasteiger partial charge in [-0.3, -0.25) is 0 Å². The zero-order valence-electron chi connectivity index (χ0n) is 33.7. The van der Waals surface area contributed by atoms with Crippen LogP contribution in [-0.4, -0.2) is 20.1 Å². The van der Waals surface area contributed by atoms with Crippen molar-refractivity contribution in [2.75, 3.05) is 9.80 Å². The van der Waals surface area contributed by atoms with Gasteiger partial charge in [0.1, 0.15) is 23.0 Å². The van der Waals surface area contributed by atoms with Crippen molar-refractivity contribution in [3.05, 3.63) is 188 Å². The number of ether oxygens (including phenoxy) is 2. The van der Waals surface area contributed by atoms with Crippen LogP contribution in [0.4, 0.5) is 34.1 Å². The summed E-state index contributed by atoms with van der Waals surface area (Å²) in [5, 5.41) is 0. The maximum Gasteiger partial charge on any atom is 0.260 e. The molecular weight excluding hydrogens is 805 g/mol. The molecule has 0 saturated heterocycles. The topological polar surface area (TPSA) is 24.9 Å². The van der Waals surface area contributed by atoms with Gasteiger partial charge in [0.05, 0.1) is 0 Å². The molecule has 6 aliphatic heterocycles. The van der Waals surface area contributed by atoms with Gasteiger partial charge in [0.25, 0.3) is 13.4 Å². The summed E-state index contributed by atoms with van der Waals surface area (Å²) in [6, 6.07) is 69.1. The Labute approximate surface area is 374 Å². The van der Waals surface area contributed by atoms with Crippen molar-refractivity contribution in [3.63, 3.8) is 0 Å². The average Bonchev–Trinajstić information content (AvgIpc) is 3.33. The molecule has 9 aromatic carbocycles. The van der Waals surface area contributed by atoms with E-state index in [0.717, 1.165) is 56.4 Å². The summed E-state index contributed by atoms with van der Waals surface area (Å²) in [4.78, 5) is 10.4. The maximum absolute atomic E-state index is 7.02. The van der Waals surface area contributed by atoms with Crippen LogP contribution in [-0.2, 0) is 0 Å². The molecule has 0 spiro atoms. The summed E-state index contributed by atoms with van der Waals surface area (Å²) in [5.41, 5.74) is 18.6. The van der Waals surface area contributed by atoms with Crippen LogP contribution in [0.15, 0.2) is 208 Å². The molecule has 6 heterocycles. The summed E-state index contributed by atoms with van der Waals surface area (Å²) in [6.45, 7) is -0.00756. The van der Waals surface area contributed by atoms with E-state index in [2.05, 4.69) is 192 Å². The van der Waals surface area contributed by atoms with Crippen LogP contribution in [0.25, 0.3) is 0 Å². The Morgan fingerprint density at radius 3 is 1.59 bits per heavy atom. The predicted molar refractivity (Wildman–Crippen MR) is 264 cm³/mol. The third kappa shape index (κ3) is 4.68. The maximum atomic E-state index is 7.02. The lowest BCUT2D eigenvalue weighted by Gasteiger charge is -2.46. The minimum atomic E-state index is -0.0842. The van der Waals surface area contributed by atoms with Crippen LogP contribution in [0, 0.1) is 0 Å². The molecule has 0 aromatic heterocycles. The van der Waals surface area contributed by atoms with E-state index in [1.54, 1.807) is 0 Å². The lowest BCUT2D eigenvalue weighted by molar-refractivity contribution is 0.464. The molecule has 0 fully saturated rings. The quantitative estimate of drug-likeness (QED) is 0.164. The van der Waals surface area contributed by atoms with E-state index >= 15 is 0 Å². The fraction of sp³-hybridized carbons (Fsp3) is 0. The molecule has 6 aliphatic rings. The van der Waals surface area contributed by atoms with Crippen LogP contribution in [0.3, 0.4) is 0 Å². The molecule has 9 heteroatoms. The van der Waals surface area contributed by atoms with Crippen LogP contribution < -0.4 is 68.4 Å². The monoisotopic (exact) mass is 836 g/mol. The van der Waals surface area contributed by atoms with Crippen molar-refractivity contribution in [1.82, 2.24) is 0 Å². The summed E-state index contributed by atoms with van der Waals surface area (Å²) >= 11 is 3.89. The lowest BCUT2D eigenvalue weighted by atomic mass is 9.30. The molecule has 290 valence electrons. The fourth-order valence-electron chi connectivity index (χ4n) is 11.4. The first-order valence-electron chi connectivity index (χ1n) is 21.6. The molecular formula is C54H31B3N2O2S2. The highest BCUT2D eigenvalue weighted by Crippen LogP contribution is 2.49. The van der Waals surface area contributed by atoms with Gasteiger partial charge in [-0.2, -0.15) is 0 Å². The molecule has 63 heavy (non-hydrogen) atoms. The van der Waals surface area contributed by atoms with E-state index in [9.17, 15) is 0 Å². The van der Waals surface area contributed by atoms with Crippen LogP contribution in [0.2, 0.25) is 0 Å². The Kier molecular flexibility index (Phi) is 7.05. The highest BCUT2D eigenvalue weighted by atomic mass is 32.2. The smallest absolute Gasteiger partial charge is 0.260 e. The van der Waals surface area contributed by atoms with Gasteiger partial charge in [-0.05, 0) is 106 Å². The first-order valence-corrected chi connectivity index (χ1v) is 23.2. The van der Waals surface area contributed by atoms with Gasteiger partial charge < -0.3 is 19.3 Å². The summed E-state index contributed by atoms with van der Waals surface area (Å²) < 4.78 is 13.6. The Balaban J connectivity index is 1.07. The third-order valence-electron chi connectivity index (χ3n) is 13.9. The van der Waals surface area contributed by atoms with Gasteiger partial charge in [0, 0.05) is 65.2 Å². The SMILES string of the molecule is c1ccc(N2c3cc4c(cc3B3c5c2cccc5N(c2ccccc2)c2cc5c6c(c23)Sc2ccccc2B6c2ccccc2S5)B2c3ccccc3Oc3cccc(c32)O4)cc1. The molecule has 4 nitrogen and oxygen atoms in total. The van der Waals surface area contributed by atoms with Crippen molar-refractivity contribution in [3.8, 4) is 23.0 Å². The minimum Gasteiger partial charge on any atom is -0.458 e. The number of rotatable bonds is 2. The second-order valence-corrected chi connectivity index (χ2v) is 19.2. The Hall–Kier alpha value is -6.93. The zero-order valence-corrected chi connectivity index (χ0v) is 35.3. The number of benzene rings is 9. The largest absolute Gasteiger partial charge is 0.458 e. The van der Waals surface area contributed by atoms with E-state index in [-0.39, 0.29) is 20.1 Å². The van der Waals surface area contributed by atoms with Gasteiger partial charge in [-0.25, -0.2) is 0 Å². The van der Waals surface area contributed by atoms with Gasteiger partial charge in [-0.1, -0.05) is 144 Å². The van der Waals surface area contributed by atoms with Crippen molar-refractivity contribution in [2.45, 2.75) is 19.6 Å². The van der Waals surface area contributed by atoms with Gasteiger partial charge in [0.15, 0.2) is 0 Å². The minimum absolute atomic E-state index is 0.0543. The normalized spacial score (nSPS) is 14.6. The molecule has 0 unspecified atom stereocenters. The van der Waals surface area contributed by atoms with E-state index in [4.69, 9.17) is 9.47 Å². The molecule has 0 aliphatic carbocycles. The van der Waals surface area contributed by atoms with Gasteiger partial charge >= 0.3 is 0 Å². The van der Waals surface area contributed by atoms with Crippen molar-refractivity contribution < 1.29 is 9.47 Å². The summed E-state index contributed by atoms with van der Waals surface area (Å²) in [7, 11) is 0. The van der Waals surface area contributed by atoms with E-state index in [0.29, 0.717) is 0 Å². The Bertz CT molecular complexity index is 3450. The lowest BCUT2D eigenvalue weighted by Crippen LogP contribution is -2.66. The molecule has 9 aromatic rings. The predicted octanol–water partition coefficient (Wildman–Crippen LogP) is 7.94. The summed E-state index contributed by atoms with van der Waals surface area (Å²) in [5.74, 6) is 3.48. The standard InChI is InChI=1S/C54H31B3N2O2S2/c1-3-15-32(16-4-1)58-39-22-13-23-40-50(39)57(37-29-38-46(30-41(37)58)61-45-26-14-25-44-52(45)55(38)34-19-7-10-24-43(34)60-44)51-42(59(40)33-17-5-2-6-18-33)31-49-53-54(51)63-48-28-12-9-21-36(48)56(53)35-20-8-11-27-47(35)62-49/h1-31H. The first kappa shape index (κ1) is 34.6. The molecule has 0 bridgehead atoms. The van der Waals surface area contributed by atoms with Crippen molar-refractivity contribution >= 4 is 127 Å². The second kappa shape index (κ2) is 12.8. The Morgan fingerprint density at radius 1 is 0.317 bits per heavy atom. The number of anilines is 6. The van der Waals surface area contributed by atoms with Crippen LogP contribution in [0.1, 0.15) is 0 Å². The molecule has 0 radical (unpaired) electrons. The van der Waals surface area contributed by atoms with Crippen molar-refractivity contribution in [1.29, 1.82) is 0 Å². The summed E-state index contributed by atoms with van der Waals surface area (Å²) in [6.07, 6.45) is 0. The molecule has 15 rings (SSSR count). The Morgan fingerprint density at radius 2 is 0.873 bits per heavy atom. The molecule has 0 N–H and O–H groups in total. The fourth-order valence-corrected chi connectivity index (χ4v) is 14.0. The van der Waals surface area contributed by atoms with Crippen molar-refractivity contribution in [2.24, 2.45) is 0 Å². The van der Waals surface area contributed by atoms with Crippen LogP contribution in [0.5, 0.6) is 23.0 Å². The highest BCUT2D eigenvalue weighted by molar-refractivity contribution is 8.01. The number of hydrogen-bond acceptors (Lipinski definition) is 6. The van der Waals surface area contributed by atoms with Gasteiger partial charge in [-0.15, -0.1) is 0 Å². The van der Waals surface area contributed by atoms with E-state index < -0.39 is 0 Å². The third-order valence-corrected chi connectivity index (χ3v) is 16.3. The molecule has 0 atom stereocenters. The number of hydrogen-bond donors (Lipinski definition) is 0. The molecule has 0 saturated carbocycles. The van der Waals surface area contributed by atoms with Crippen LogP contribution >= 0.6 is 23.5 Å². The highest BCUT2D eigenvalue weighted by Gasteiger charge is 2.50. The zero-order chi connectivity index (χ0) is 40.9. The second-order valence-electron chi connectivity index (χ2n) is 17.0. The van der Waals surface area contributed by atoms with E-state index in [1.165, 1.54) is 69.4 Å². The van der Waals surface area contributed by atoms with E-state index in [1.807, 2.05) is 29.6 Å². The average molecular weight is 836 g/mol. The van der Waals surface area contributed by atoms with Gasteiger partial charge in [0.2, 0.25) is 6.71 Å². The number of para-hydroxylation sites is 3. The number of fused-ring (bicyclic) bond motifs is 13. The first-order chi connectivity index (χ1) is 31.3.